The maximum absolute atomic E-state index is 13.6. The first-order chi connectivity index (χ1) is 9.19. The van der Waals surface area contributed by atoms with Crippen LogP contribution in [0.3, 0.4) is 0 Å². The predicted octanol–water partition coefficient (Wildman–Crippen LogP) is 3.10. The number of nitrogens with two attached hydrogens (primary N) is 1. The highest BCUT2D eigenvalue weighted by Gasteiger charge is 2.11. The van der Waals surface area contributed by atoms with Gasteiger partial charge in [0.25, 0.3) is 0 Å². The van der Waals surface area contributed by atoms with Crippen LogP contribution in [-0.4, -0.2) is 6.04 Å². The highest BCUT2D eigenvalue weighted by Crippen LogP contribution is 2.14. The van der Waals surface area contributed by atoms with Gasteiger partial charge in [0.05, 0.1) is 0 Å². The Labute approximate surface area is 117 Å². The fraction of sp³-hybridized carbons (Fsp3) is 0.200. The number of hydrogen-bond acceptors (Lipinski definition) is 2. The molecule has 0 radical (unpaired) electrons. The van der Waals surface area contributed by atoms with Crippen LogP contribution in [-0.2, 0) is 12.8 Å². The monoisotopic (exact) mass is 278 g/mol. The molecule has 1 unspecified atom stereocenters. The summed E-state index contributed by atoms with van der Waals surface area (Å²) < 4.78 is 13.6. The van der Waals surface area contributed by atoms with Crippen LogP contribution in [0.4, 0.5) is 4.39 Å². The Kier molecular flexibility index (Phi) is 4.91. The maximum atomic E-state index is 13.6. The summed E-state index contributed by atoms with van der Waals surface area (Å²) in [5, 5.41) is 0.704. The molecule has 0 aliphatic rings. The van der Waals surface area contributed by atoms with Crippen LogP contribution in [0.1, 0.15) is 11.1 Å². The molecule has 0 amide bonds. The van der Waals surface area contributed by atoms with Gasteiger partial charge in [-0.15, -0.1) is 0 Å². The molecule has 0 aliphatic carbocycles. The maximum Gasteiger partial charge on any atom is 0.126 e. The molecule has 0 saturated carbocycles. The Morgan fingerprint density at radius 1 is 1.05 bits per heavy atom. The first-order valence-electron chi connectivity index (χ1n) is 6.13. The zero-order valence-electron chi connectivity index (χ0n) is 10.4. The Morgan fingerprint density at radius 3 is 2.37 bits per heavy atom. The second kappa shape index (κ2) is 6.66. The minimum Gasteiger partial charge on any atom is -0.271 e. The van der Waals surface area contributed by atoms with E-state index < -0.39 is 0 Å². The lowest BCUT2D eigenvalue weighted by Crippen LogP contribution is -2.38. The van der Waals surface area contributed by atoms with Crippen LogP contribution >= 0.6 is 11.6 Å². The fourth-order valence-electron chi connectivity index (χ4n) is 2.02. The summed E-state index contributed by atoms with van der Waals surface area (Å²) >= 11 is 5.84. The molecule has 0 bridgehead atoms. The highest BCUT2D eigenvalue weighted by atomic mass is 35.5. The summed E-state index contributed by atoms with van der Waals surface area (Å²) in [6, 6.07) is 14.3. The van der Waals surface area contributed by atoms with E-state index in [9.17, 15) is 4.39 Å². The molecule has 0 fully saturated rings. The van der Waals surface area contributed by atoms with Gasteiger partial charge in [-0.3, -0.25) is 11.3 Å². The molecule has 0 aromatic heterocycles. The van der Waals surface area contributed by atoms with Crippen LogP contribution in [0, 0.1) is 5.82 Å². The van der Waals surface area contributed by atoms with E-state index in [4.69, 9.17) is 17.4 Å². The van der Waals surface area contributed by atoms with Crippen molar-refractivity contribution in [3.8, 4) is 0 Å². The Bertz CT molecular complexity index is 528. The lowest BCUT2D eigenvalue weighted by atomic mass is 9.99. The van der Waals surface area contributed by atoms with Gasteiger partial charge in [0.1, 0.15) is 5.82 Å². The summed E-state index contributed by atoms with van der Waals surface area (Å²) in [5.41, 5.74) is 4.52. The van der Waals surface area contributed by atoms with Gasteiger partial charge in [-0.1, -0.05) is 41.9 Å². The quantitative estimate of drug-likeness (QED) is 0.651. The predicted molar refractivity (Wildman–Crippen MR) is 76.4 cm³/mol. The van der Waals surface area contributed by atoms with Crippen molar-refractivity contribution in [1.29, 1.82) is 0 Å². The second-order valence-corrected chi connectivity index (χ2v) is 4.93. The van der Waals surface area contributed by atoms with Crippen molar-refractivity contribution < 1.29 is 4.39 Å². The van der Waals surface area contributed by atoms with E-state index in [0.717, 1.165) is 12.0 Å². The second-order valence-electron chi connectivity index (χ2n) is 4.49. The van der Waals surface area contributed by atoms with Crippen molar-refractivity contribution in [2.45, 2.75) is 18.9 Å². The van der Waals surface area contributed by atoms with Gasteiger partial charge in [-0.05, 0) is 42.2 Å². The zero-order valence-corrected chi connectivity index (χ0v) is 11.2. The van der Waals surface area contributed by atoms with Crippen LogP contribution < -0.4 is 11.3 Å². The van der Waals surface area contributed by atoms with Gasteiger partial charge >= 0.3 is 0 Å². The Hall–Kier alpha value is -1.42. The van der Waals surface area contributed by atoms with Gasteiger partial charge in [-0.25, -0.2) is 4.39 Å². The lowest BCUT2D eigenvalue weighted by molar-refractivity contribution is 0.506. The van der Waals surface area contributed by atoms with E-state index in [1.54, 1.807) is 12.1 Å². The standard InChI is InChI=1S/C15H16ClFN2/c16-13-7-5-11(6-8-13)9-14(19-18)10-12-3-1-2-4-15(12)17/h1-8,14,19H,9-10,18H2. The number of benzene rings is 2. The number of rotatable bonds is 5. The first-order valence-corrected chi connectivity index (χ1v) is 6.51. The molecule has 2 nitrogen and oxygen atoms in total. The van der Waals surface area contributed by atoms with E-state index >= 15 is 0 Å². The molecule has 4 heteroatoms. The van der Waals surface area contributed by atoms with E-state index in [2.05, 4.69) is 5.43 Å². The molecule has 0 saturated heterocycles. The van der Waals surface area contributed by atoms with Crippen LogP contribution in [0.25, 0.3) is 0 Å². The van der Waals surface area contributed by atoms with E-state index in [0.29, 0.717) is 17.0 Å². The normalized spacial score (nSPS) is 12.4. The molecule has 2 aromatic carbocycles. The summed E-state index contributed by atoms with van der Waals surface area (Å²) in [6.45, 7) is 0. The SMILES string of the molecule is NNC(Cc1ccc(Cl)cc1)Cc1ccccc1F. The molecule has 3 N–H and O–H groups in total. The topological polar surface area (TPSA) is 38.0 Å². The van der Waals surface area contributed by atoms with E-state index in [-0.39, 0.29) is 11.9 Å². The molecule has 2 rings (SSSR count). The van der Waals surface area contributed by atoms with Crippen molar-refractivity contribution in [1.82, 2.24) is 5.43 Å². The summed E-state index contributed by atoms with van der Waals surface area (Å²) in [4.78, 5) is 0. The third-order valence-corrected chi connectivity index (χ3v) is 3.31. The van der Waals surface area contributed by atoms with Gasteiger partial charge in [0.15, 0.2) is 0 Å². The number of hydrogen-bond donors (Lipinski definition) is 2. The first kappa shape index (κ1) is 14.0. The largest absolute Gasteiger partial charge is 0.271 e. The van der Waals surface area contributed by atoms with Crippen molar-refractivity contribution in [3.63, 3.8) is 0 Å². The van der Waals surface area contributed by atoms with E-state index in [1.807, 2.05) is 30.3 Å². The Morgan fingerprint density at radius 2 is 1.74 bits per heavy atom. The molecule has 1 atom stereocenters. The fourth-order valence-corrected chi connectivity index (χ4v) is 2.15. The molecular formula is C15H16ClFN2. The van der Waals surface area contributed by atoms with Gasteiger partial charge in [0, 0.05) is 11.1 Å². The van der Waals surface area contributed by atoms with Gasteiger partial charge < -0.3 is 0 Å². The van der Waals surface area contributed by atoms with Crippen LogP contribution in [0.15, 0.2) is 48.5 Å². The average molecular weight is 279 g/mol. The third kappa shape index (κ3) is 4.03. The van der Waals surface area contributed by atoms with Crippen molar-refractivity contribution in [2.75, 3.05) is 0 Å². The number of hydrazine groups is 1. The molecule has 100 valence electrons. The highest BCUT2D eigenvalue weighted by molar-refractivity contribution is 6.30. The Balaban J connectivity index is 2.05. The molecular weight excluding hydrogens is 263 g/mol. The summed E-state index contributed by atoms with van der Waals surface area (Å²) in [5.74, 6) is 5.35. The number of halogens is 2. The zero-order chi connectivity index (χ0) is 13.7. The number of nitrogens with one attached hydrogen (secondary N) is 1. The minimum atomic E-state index is -0.196. The lowest BCUT2D eigenvalue weighted by Gasteiger charge is -2.16. The minimum absolute atomic E-state index is 0.0157. The molecule has 0 heterocycles. The molecule has 19 heavy (non-hydrogen) atoms. The van der Waals surface area contributed by atoms with Gasteiger partial charge in [0.2, 0.25) is 0 Å². The average Bonchev–Trinajstić information content (AvgIpc) is 2.43. The third-order valence-electron chi connectivity index (χ3n) is 3.06. The van der Waals surface area contributed by atoms with Crippen molar-refractivity contribution in [3.05, 3.63) is 70.5 Å². The summed E-state index contributed by atoms with van der Waals surface area (Å²) in [7, 11) is 0. The van der Waals surface area contributed by atoms with E-state index in [1.165, 1.54) is 6.07 Å². The van der Waals surface area contributed by atoms with Crippen molar-refractivity contribution >= 4 is 11.6 Å². The van der Waals surface area contributed by atoms with Crippen LogP contribution in [0.2, 0.25) is 5.02 Å². The smallest absolute Gasteiger partial charge is 0.126 e. The van der Waals surface area contributed by atoms with Gasteiger partial charge in [-0.2, -0.15) is 0 Å². The summed E-state index contributed by atoms with van der Waals surface area (Å²) in [6.07, 6.45) is 1.27. The van der Waals surface area contributed by atoms with Crippen LogP contribution in [0.5, 0.6) is 0 Å². The molecule has 0 aliphatic heterocycles. The molecule has 0 spiro atoms. The van der Waals surface area contributed by atoms with Crippen molar-refractivity contribution in [2.24, 2.45) is 5.84 Å². The molecule has 2 aromatic rings.